The minimum absolute atomic E-state index is 0.103. The van der Waals surface area contributed by atoms with Gasteiger partial charge in [0.15, 0.2) is 0 Å². The molecule has 0 aromatic carbocycles. The predicted octanol–water partition coefficient (Wildman–Crippen LogP) is 3.10. The first-order valence-corrected chi connectivity index (χ1v) is 6.55. The molecule has 19 heavy (non-hydrogen) atoms. The van der Waals surface area contributed by atoms with Crippen LogP contribution in [0.4, 0.5) is 0 Å². The first kappa shape index (κ1) is 12.2. The Balaban J connectivity index is 1.93. The molecule has 3 heterocycles. The van der Waals surface area contributed by atoms with Gasteiger partial charge < -0.3 is 8.83 Å². The third-order valence-electron chi connectivity index (χ3n) is 3.96. The van der Waals surface area contributed by atoms with Crippen LogP contribution in [0.1, 0.15) is 37.5 Å². The van der Waals surface area contributed by atoms with Gasteiger partial charge in [0.25, 0.3) is 0 Å². The quantitative estimate of drug-likeness (QED) is 0.900. The van der Waals surface area contributed by atoms with Crippen molar-refractivity contribution in [1.82, 2.24) is 5.32 Å². The van der Waals surface area contributed by atoms with Gasteiger partial charge in [-0.25, -0.2) is 0 Å². The second-order valence-corrected chi connectivity index (χ2v) is 5.13. The molecule has 4 nitrogen and oxygen atoms in total. The van der Waals surface area contributed by atoms with Gasteiger partial charge in [0.1, 0.15) is 17.3 Å². The fourth-order valence-corrected chi connectivity index (χ4v) is 2.82. The lowest BCUT2D eigenvalue weighted by atomic mass is 9.79. The summed E-state index contributed by atoms with van der Waals surface area (Å²) in [5, 5.41) is 3.48. The molecule has 2 aromatic rings. The average Bonchev–Trinajstić information content (AvgIpc) is 3.08. The van der Waals surface area contributed by atoms with Crippen LogP contribution in [0, 0.1) is 11.8 Å². The Kier molecular flexibility index (Phi) is 3.03. The van der Waals surface area contributed by atoms with Gasteiger partial charge in [0.2, 0.25) is 0 Å². The van der Waals surface area contributed by atoms with E-state index in [2.05, 4.69) is 5.32 Å². The molecule has 4 heteroatoms. The summed E-state index contributed by atoms with van der Waals surface area (Å²) in [6.45, 7) is 3.88. The van der Waals surface area contributed by atoms with Crippen LogP contribution in [-0.4, -0.2) is 5.78 Å². The van der Waals surface area contributed by atoms with Gasteiger partial charge in [-0.2, -0.15) is 0 Å². The molecule has 1 N–H and O–H groups in total. The molecule has 1 saturated heterocycles. The van der Waals surface area contributed by atoms with Crippen molar-refractivity contribution >= 4 is 5.78 Å². The Morgan fingerprint density at radius 1 is 0.947 bits per heavy atom. The van der Waals surface area contributed by atoms with Crippen LogP contribution in [0.25, 0.3) is 0 Å². The topological polar surface area (TPSA) is 55.4 Å². The van der Waals surface area contributed by atoms with Crippen LogP contribution >= 0.6 is 0 Å². The van der Waals surface area contributed by atoms with Crippen LogP contribution in [-0.2, 0) is 4.79 Å². The summed E-state index contributed by atoms with van der Waals surface area (Å²) in [6, 6.07) is 7.28. The Morgan fingerprint density at radius 3 is 1.79 bits per heavy atom. The van der Waals surface area contributed by atoms with Crippen LogP contribution in [0.5, 0.6) is 0 Å². The first-order chi connectivity index (χ1) is 9.18. The van der Waals surface area contributed by atoms with Crippen LogP contribution < -0.4 is 5.32 Å². The van der Waals surface area contributed by atoms with E-state index in [0.717, 1.165) is 11.5 Å². The molecule has 0 aliphatic carbocycles. The highest BCUT2D eigenvalue weighted by Gasteiger charge is 2.42. The highest BCUT2D eigenvalue weighted by atomic mass is 16.3. The minimum atomic E-state index is -0.104. The van der Waals surface area contributed by atoms with E-state index < -0.39 is 0 Å². The summed E-state index contributed by atoms with van der Waals surface area (Å²) in [6.07, 6.45) is 3.27. The zero-order valence-corrected chi connectivity index (χ0v) is 11.0. The Hall–Kier alpha value is -1.81. The van der Waals surface area contributed by atoms with Crippen LogP contribution in [0.2, 0.25) is 0 Å². The van der Waals surface area contributed by atoms with E-state index in [1.54, 1.807) is 12.5 Å². The minimum Gasteiger partial charge on any atom is -0.468 e. The molecule has 100 valence electrons. The monoisotopic (exact) mass is 259 g/mol. The van der Waals surface area contributed by atoms with Gasteiger partial charge in [0, 0.05) is 11.8 Å². The molecule has 0 spiro atoms. The fourth-order valence-electron chi connectivity index (χ4n) is 2.82. The summed E-state index contributed by atoms with van der Waals surface area (Å²) in [5.74, 6) is 1.62. The SMILES string of the molecule is C[C@@H]1C(=O)[C@H](C)[C@@H](c2ccco2)N[C@H]1c1ccco1. The maximum atomic E-state index is 12.4. The molecule has 0 radical (unpaired) electrons. The molecule has 1 aliphatic heterocycles. The number of piperidine rings is 1. The summed E-state index contributed by atoms with van der Waals surface area (Å²) in [7, 11) is 0. The van der Waals surface area contributed by atoms with Crippen molar-refractivity contribution < 1.29 is 13.6 Å². The average molecular weight is 259 g/mol. The smallest absolute Gasteiger partial charge is 0.142 e. The third kappa shape index (κ3) is 2.02. The van der Waals surface area contributed by atoms with E-state index >= 15 is 0 Å². The van der Waals surface area contributed by atoms with E-state index in [9.17, 15) is 4.79 Å². The highest BCUT2D eigenvalue weighted by Crippen LogP contribution is 2.38. The van der Waals surface area contributed by atoms with E-state index in [4.69, 9.17) is 8.83 Å². The van der Waals surface area contributed by atoms with E-state index in [1.807, 2.05) is 38.1 Å². The number of nitrogens with one attached hydrogen (secondary N) is 1. The molecule has 0 unspecified atom stereocenters. The predicted molar refractivity (Wildman–Crippen MR) is 69.4 cm³/mol. The number of rotatable bonds is 2. The number of hydrogen-bond acceptors (Lipinski definition) is 4. The largest absolute Gasteiger partial charge is 0.468 e. The number of carbonyl (C=O) groups is 1. The Labute approximate surface area is 111 Å². The molecule has 1 aliphatic rings. The normalized spacial score (nSPS) is 31.6. The molecule has 3 rings (SSSR count). The van der Waals surface area contributed by atoms with Crippen molar-refractivity contribution in [2.45, 2.75) is 25.9 Å². The summed E-state index contributed by atoms with van der Waals surface area (Å²) in [4.78, 5) is 12.4. The summed E-state index contributed by atoms with van der Waals surface area (Å²) < 4.78 is 10.9. The lowest BCUT2D eigenvalue weighted by Gasteiger charge is -2.37. The van der Waals surface area contributed by atoms with E-state index in [-0.39, 0.29) is 29.7 Å². The van der Waals surface area contributed by atoms with Gasteiger partial charge in [-0.3, -0.25) is 10.1 Å². The number of hydrogen-bond donors (Lipinski definition) is 1. The third-order valence-corrected chi connectivity index (χ3v) is 3.96. The first-order valence-electron chi connectivity index (χ1n) is 6.55. The van der Waals surface area contributed by atoms with Crippen LogP contribution in [0.3, 0.4) is 0 Å². The van der Waals surface area contributed by atoms with E-state index in [1.165, 1.54) is 0 Å². The Morgan fingerprint density at radius 2 is 1.42 bits per heavy atom. The van der Waals surface area contributed by atoms with Crippen molar-refractivity contribution in [1.29, 1.82) is 0 Å². The molecule has 0 bridgehead atoms. The fraction of sp³-hybridized carbons (Fsp3) is 0.400. The maximum Gasteiger partial charge on any atom is 0.142 e. The second-order valence-electron chi connectivity index (χ2n) is 5.13. The van der Waals surface area contributed by atoms with Crippen molar-refractivity contribution in [3.63, 3.8) is 0 Å². The molecular formula is C15H17NO3. The maximum absolute atomic E-state index is 12.4. The van der Waals surface area contributed by atoms with Gasteiger partial charge >= 0.3 is 0 Å². The van der Waals surface area contributed by atoms with Crippen molar-refractivity contribution in [2.75, 3.05) is 0 Å². The molecule has 0 amide bonds. The van der Waals surface area contributed by atoms with Crippen molar-refractivity contribution in [2.24, 2.45) is 11.8 Å². The van der Waals surface area contributed by atoms with Gasteiger partial charge in [-0.1, -0.05) is 13.8 Å². The molecule has 1 fully saturated rings. The zero-order valence-electron chi connectivity index (χ0n) is 11.0. The van der Waals surface area contributed by atoms with E-state index in [0.29, 0.717) is 0 Å². The van der Waals surface area contributed by atoms with Gasteiger partial charge in [-0.15, -0.1) is 0 Å². The number of carbonyl (C=O) groups excluding carboxylic acids is 1. The zero-order chi connectivity index (χ0) is 13.4. The van der Waals surface area contributed by atoms with Gasteiger partial charge in [-0.05, 0) is 24.3 Å². The van der Waals surface area contributed by atoms with Crippen molar-refractivity contribution in [3.8, 4) is 0 Å². The lowest BCUT2D eigenvalue weighted by Crippen LogP contribution is -2.46. The van der Waals surface area contributed by atoms with Crippen molar-refractivity contribution in [3.05, 3.63) is 48.3 Å². The molecule has 2 aromatic heterocycles. The number of ketones is 1. The number of Topliss-reactive ketones (excluding diaryl/α,β-unsaturated/α-hetero) is 1. The molecule has 0 saturated carbocycles. The standard InChI is InChI=1S/C15H17NO3/c1-9-13(11-5-3-7-18-11)16-14(10(2)15(9)17)12-6-4-8-19-12/h3-10,13-14,16H,1-2H3/t9-,10+,13+,14-. The lowest BCUT2D eigenvalue weighted by molar-refractivity contribution is -0.131. The molecule has 4 atom stereocenters. The summed E-state index contributed by atoms with van der Waals surface area (Å²) in [5.41, 5.74) is 0. The molecular weight excluding hydrogens is 242 g/mol. The Bertz CT molecular complexity index is 496. The highest BCUT2D eigenvalue weighted by molar-refractivity contribution is 5.85. The van der Waals surface area contributed by atoms with Gasteiger partial charge in [0.05, 0.1) is 24.6 Å². The second kappa shape index (κ2) is 4.70. The van der Waals surface area contributed by atoms with Crippen LogP contribution in [0.15, 0.2) is 45.6 Å². The number of furan rings is 2. The summed E-state index contributed by atoms with van der Waals surface area (Å²) >= 11 is 0.